The number of nitrogens with one attached hydrogen (secondary N) is 2. The van der Waals surface area contributed by atoms with Crippen LogP contribution >= 0.6 is 0 Å². The zero-order valence-corrected chi connectivity index (χ0v) is 19.6. The van der Waals surface area contributed by atoms with Crippen molar-refractivity contribution in [1.82, 2.24) is 10.6 Å². The second-order valence-electron chi connectivity index (χ2n) is 8.07. The zero-order valence-electron chi connectivity index (χ0n) is 19.6. The molecule has 1 aliphatic carbocycles. The average Bonchev–Trinajstić information content (AvgIpc) is 3.18. The minimum absolute atomic E-state index is 0.0374. The quantitative estimate of drug-likeness (QED) is 0.436. The lowest BCUT2D eigenvalue weighted by Crippen LogP contribution is -2.56. The normalized spacial score (nSPS) is 14.6. The fraction of sp³-hybridized carbons (Fsp3) is 0.360. The van der Waals surface area contributed by atoms with Gasteiger partial charge < -0.3 is 30.0 Å². The third kappa shape index (κ3) is 5.96. The monoisotopic (exact) mass is 484 g/mol. The van der Waals surface area contributed by atoms with Crippen LogP contribution in [0.25, 0.3) is 11.1 Å². The summed E-state index contributed by atoms with van der Waals surface area (Å²) in [4.78, 5) is 48.4. The summed E-state index contributed by atoms with van der Waals surface area (Å²) in [6.07, 6.45) is -2.25. The second kappa shape index (κ2) is 11.5. The van der Waals surface area contributed by atoms with Gasteiger partial charge in [0.2, 0.25) is 5.91 Å². The number of amides is 2. The van der Waals surface area contributed by atoms with Crippen molar-refractivity contribution >= 4 is 23.9 Å². The SMILES string of the molecule is COC(=O)C[C@@H](NC(=O)C(NC(=O)OCC1c2ccccc2-c2ccccc21)C(C)OC)C(=O)O. The summed E-state index contributed by atoms with van der Waals surface area (Å²) in [5.74, 6) is -3.24. The zero-order chi connectivity index (χ0) is 25.5. The Morgan fingerprint density at radius 1 is 0.943 bits per heavy atom. The number of methoxy groups -OCH3 is 2. The fourth-order valence-electron chi connectivity index (χ4n) is 4.01. The van der Waals surface area contributed by atoms with Crippen LogP contribution in [-0.2, 0) is 28.6 Å². The highest BCUT2D eigenvalue weighted by Crippen LogP contribution is 2.44. The molecule has 0 saturated heterocycles. The molecule has 3 atom stereocenters. The van der Waals surface area contributed by atoms with Crippen molar-refractivity contribution in [2.24, 2.45) is 0 Å². The first kappa shape index (κ1) is 25.7. The van der Waals surface area contributed by atoms with Gasteiger partial charge in [0.1, 0.15) is 18.7 Å². The summed E-state index contributed by atoms with van der Waals surface area (Å²) in [6, 6.07) is 12.9. The van der Waals surface area contributed by atoms with E-state index in [2.05, 4.69) is 15.4 Å². The van der Waals surface area contributed by atoms with Gasteiger partial charge in [-0.3, -0.25) is 9.59 Å². The smallest absolute Gasteiger partial charge is 0.407 e. The van der Waals surface area contributed by atoms with E-state index in [1.807, 2.05) is 48.5 Å². The minimum atomic E-state index is -1.54. The molecule has 0 aromatic heterocycles. The Hall–Kier alpha value is -3.92. The Bertz CT molecular complexity index is 1060. The van der Waals surface area contributed by atoms with Crippen LogP contribution < -0.4 is 10.6 Å². The molecule has 0 saturated carbocycles. The van der Waals surface area contributed by atoms with Crippen molar-refractivity contribution in [3.8, 4) is 11.1 Å². The molecule has 0 fully saturated rings. The third-order valence-corrected chi connectivity index (χ3v) is 5.95. The van der Waals surface area contributed by atoms with Gasteiger partial charge in [-0.25, -0.2) is 9.59 Å². The van der Waals surface area contributed by atoms with E-state index in [1.165, 1.54) is 14.0 Å². The van der Waals surface area contributed by atoms with Crippen LogP contribution in [0.3, 0.4) is 0 Å². The number of aliphatic carboxylic acids is 1. The molecule has 3 N–H and O–H groups in total. The molecule has 3 rings (SSSR count). The fourth-order valence-corrected chi connectivity index (χ4v) is 4.01. The summed E-state index contributed by atoms with van der Waals surface area (Å²) >= 11 is 0. The number of rotatable bonds is 10. The topological polar surface area (TPSA) is 140 Å². The molecule has 186 valence electrons. The molecule has 2 aromatic rings. The lowest BCUT2D eigenvalue weighted by atomic mass is 9.98. The summed E-state index contributed by atoms with van der Waals surface area (Å²) in [5.41, 5.74) is 4.22. The van der Waals surface area contributed by atoms with E-state index in [9.17, 15) is 24.3 Å². The lowest BCUT2D eigenvalue weighted by molar-refractivity contribution is -0.149. The van der Waals surface area contributed by atoms with Gasteiger partial charge in [0.05, 0.1) is 19.6 Å². The number of carbonyl (C=O) groups excluding carboxylic acids is 3. The standard InChI is InChI=1S/C25H28N2O8/c1-14(33-2)22(23(29)26-20(24(30)31)12-21(28)34-3)27-25(32)35-13-19-17-10-6-4-8-15(17)16-9-5-7-11-18(16)19/h4-11,14,19-20,22H,12-13H2,1-3H3,(H,26,29)(H,27,32)(H,30,31)/t14?,20-,22?/m1/s1. The number of fused-ring (bicyclic) bond motifs is 3. The van der Waals surface area contributed by atoms with Crippen molar-refractivity contribution in [1.29, 1.82) is 0 Å². The molecular formula is C25H28N2O8. The van der Waals surface area contributed by atoms with Crippen LogP contribution in [0.1, 0.15) is 30.4 Å². The predicted molar refractivity (Wildman–Crippen MR) is 125 cm³/mol. The average molecular weight is 485 g/mol. The van der Waals surface area contributed by atoms with Gasteiger partial charge in [0.15, 0.2) is 0 Å². The van der Waals surface area contributed by atoms with E-state index in [-0.39, 0.29) is 12.5 Å². The maximum absolute atomic E-state index is 12.8. The van der Waals surface area contributed by atoms with Gasteiger partial charge in [-0.1, -0.05) is 48.5 Å². The van der Waals surface area contributed by atoms with Crippen LogP contribution in [0.15, 0.2) is 48.5 Å². The van der Waals surface area contributed by atoms with Crippen LogP contribution in [0.2, 0.25) is 0 Å². The number of esters is 1. The van der Waals surface area contributed by atoms with Gasteiger partial charge >= 0.3 is 18.0 Å². The number of ether oxygens (including phenoxy) is 3. The maximum Gasteiger partial charge on any atom is 0.407 e. The first-order chi connectivity index (χ1) is 16.8. The van der Waals surface area contributed by atoms with Gasteiger partial charge in [-0.05, 0) is 29.2 Å². The number of hydrogen-bond acceptors (Lipinski definition) is 7. The molecule has 0 radical (unpaired) electrons. The summed E-state index contributed by atoms with van der Waals surface area (Å²) in [7, 11) is 2.45. The molecule has 10 nitrogen and oxygen atoms in total. The number of carbonyl (C=O) groups is 4. The molecule has 10 heteroatoms. The first-order valence-corrected chi connectivity index (χ1v) is 11.0. The molecule has 0 aliphatic heterocycles. The highest BCUT2D eigenvalue weighted by Gasteiger charge is 2.33. The van der Waals surface area contributed by atoms with Crippen molar-refractivity contribution in [2.45, 2.75) is 37.5 Å². The van der Waals surface area contributed by atoms with E-state index in [4.69, 9.17) is 9.47 Å². The van der Waals surface area contributed by atoms with Gasteiger partial charge in [-0.15, -0.1) is 0 Å². The molecule has 2 amide bonds. The van der Waals surface area contributed by atoms with Crippen LogP contribution in [-0.4, -0.2) is 68.1 Å². The van der Waals surface area contributed by atoms with Crippen LogP contribution in [0.4, 0.5) is 4.79 Å². The van der Waals surface area contributed by atoms with E-state index in [1.54, 1.807) is 0 Å². The highest BCUT2D eigenvalue weighted by molar-refractivity contribution is 5.91. The van der Waals surface area contributed by atoms with Crippen LogP contribution in [0, 0.1) is 0 Å². The van der Waals surface area contributed by atoms with Crippen molar-refractivity contribution in [3.63, 3.8) is 0 Å². The Kier molecular flexibility index (Phi) is 8.43. The molecule has 2 unspecified atom stereocenters. The third-order valence-electron chi connectivity index (χ3n) is 5.95. The van der Waals surface area contributed by atoms with Gasteiger partial charge in [0.25, 0.3) is 0 Å². The second-order valence-corrected chi connectivity index (χ2v) is 8.07. The molecule has 1 aliphatic rings. The number of hydrogen-bond donors (Lipinski definition) is 3. The summed E-state index contributed by atoms with van der Waals surface area (Å²) in [5, 5.41) is 14.0. The van der Waals surface area contributed by atoms with Gasteiger partial charge in [0, 0.05) is 13.0 Å². The Morgan fingerprint density at radius 2 is 1.51 bits per heavy atom. The highest BCUT2D eigenvalue weighted by atomic mass is 16.5. The molecule has 2 aromatic carbocycles. The summed E-state index contributed by atoms with van der Waals surface area (Å²) in [6.45, 7) is 1.57. The van der Waals surface area contributed by atoms with E-state index >= 15 is 0 Å². The Morgan fingerprint density at radius 3 is 2.03 bits per heavy atom. The van der Waals surface area contributed by atoms with Crippen LogP contribution in [0.5, 0.6) is 0 Å². The Labute approximate surface area is 202 Å². The molecule has 35 heavy (non-hydrogen) atoms. The molecule has 0 heterocycles. The van der Waals surface area contributed by atoms with Gasteiger partial charge in [-0.2, -0.15) is 0 Å². The summed E-state index contributed by atoms with van der Waals surface area (Å²) < 4.78 is 15.1. The van der Waals surface area contributed by atoms with E-state index < -0.39 is 48.5 Å². The molecule has 0 bridgehead atoms. The molecular weight excluding hydrogens is 456 g/mol. The van der Waals surface area contributed by atoms with E-state index in [0.717, 1.165) is 29.4 Å². The minimum Gasteiger partial charge on any atom is -0.480 e. The lowest BCUT2D eigenvalue weighted by Gasteiger charge is -2.25. The first-order valence-electron chi connectivity index (χ1n) is 11.0. The van der Waals surface area contributed by atoms with Crippen molar-refractivity contribution in [2.75, 3.05) is 20.8 Å². The van der Waals surface area contributed by atoms with Crippen molar-refractivity contribution < 1.29 is 38.5 Å². The molecule has 0 spiro atoms. The number of carboxylic acid groups (broad SMARTS) is 1. The number of benzene rings is 2. The number of carboxylic acids is 1. The van der Waals surface area contributed by atoms with Crippen molar-refractivity contribution in [3.05, 3.63) is 59.7 Å². The number of alkyl carbamates (subject to hydrolysis) is 1. The van der Waals surface area contributed by atoms with E-state index in [0.29, 0.717) is 0 Å². The Balaban J connectivity index is 1.68. The predicted octanol–water partition coefficient (Wildman–Crippen LogP) is 2.06. The maximum atomic E-state index is 12.8. The largest absolute Gasteiger partial charge is 0.480 e.